The van der Waals surface area contributed by atoms with Crippen LogP contribution in [0.1, 0.15) is 12.8 Å². The molecule has 0 saturated carbocycles. The molecule has 2 aromatic rings. The molecule has 4 aliphatic heterocycles. The second kappa shape index (κ2) is 5.63. The summed E-state index contributed by atoms with van der Waals surface area (Å²) < 4.78 is 10.8. The van der Waals surface area contributed by atoms with Gasteiger partial charge in [-0.3, -0.25) is 0 Å². The summed E-state index contributed by atoms with van der Waals surface area (Å²) in [6, 6.07) is 6.53. The van der Waals surface area contributed by atoms with Crippen molar-refractivity contribution in [3.8, 4) is 22.6 Å². The summed E-state index contributed by atoms with van der Waals surface area (Å²) >= 11 is 0. The Morgan fingerprint density at radius 2 is 1.67 bits per heavy atom. The Hall–Kier alpha value is -2.34. The van der Waals surface area contributed by atoms with Crippen LogP contribution < -0.4 is 14.4 Å². The van der Waals surface area contributed by atoms with Crippen LogP contribution in [0.25, 0.3) is 11.1 Å². The summed E-state index contributed by atoms with van der Waals surface area (Å²) in [5, 5.41) is 0. The molecule has 5 heterocycles. The molecule has 1 aromatic carbocycles. The van der Waals surface area contributed by atoms with Crippen LogP contribution in [0.15, 0.2) is 30.6 Å². The van der Waals surface area contributed by atoms with Gasteiger partial charge in [0.15, 0.2) is 11.5 Å². The zero-order chi connectivity index (χ0) is 15.9. The number of benzene rings is 1. The lowest BCUT2D eigenvalue weighted by Crippen LogP contribution is -2.38. The Morgan fingerprint density at radius 1 is 0.875 bits per heavy atom. The van der Waals surface area contributed by atoms with E-state index >= 15 is 0 Å². The molecule has 124 valence electrons. The van der Waals surface area contributed by atoms with E-state index in [2.05, 4.69) is 19.8 Å². The SMILES string of the molecule is c1cc2c(cc1-c1cnc(N3CCN4CCC3CC4)nc1)OCO2. The third-order valence-corrected chi connectivity index (χ3v) is 5.26. The largest absolute Gasteiger partial charge is 0.454 e. The molecule has 0 radical (unpaired) electrons. The zero-order valence-electron chi connectivity index (χ0n) is 13.5. The summed E-state index contributed by atoms with van der Waals surface area (Å²) in [5.41, 5.74) is 2.05. The van der Waals surface area contributed by atoms with Crippen molar-refractivity contribution < 1.29 is 9.47 Å². The number of nitrogens with zero attached hydrogens (tertiary/aromatic N) is 4. The molecular weight excluding hydrogens is 304 g/mol. The first-order valence-electron chi connectivity index (χ1n) is 8.58. The van der Waals surface area contributed by atoms with Crippen LogP contribution in [0.4, 0.5) is 5.95 Å². The van der Waals surface area contributed by atoms with Gasteiger partial charge in [-0.25, -0.2) is 9.97 Å². The highest BCUT2D eigenvalue weighted by Crippen LogP contribution is 2.35. The minimum atomic E-state index is 0.293. The highest BCUT2D eigenvalue weighted by atomic mass is 16.7. The smallest absolute Gasteiger partial charge is 0.231 e. The number of fused-ring (bicyclic) bond motifs is 5. The molecule has 6 rings (SSSR count). The van der Waals surface area contributed by atoms with Crippen molar-refractivity contribution in [2.75, 3.05) is 37.9 Å². The predicted octanol–water partition coefficient (Wildman–Crippen LogP) is 2.16. The van der Waals surface area contributed by atoms with Crippen molar-refractivity contribution in [2.45, 2.75) is 18.9 Å². The van der Waals surface area contributed by atoms with Gasteiger partial charge in [0, 0.05) is 50.2 Å². The number of anilines is 1. The van der Waals surface area contributed by atoms with Gasteiger partial charge in [-0.15, -0.1) is 0 Å². The van der Waals surface area contributed by atoms with Gasteiger partial charge in [-0.1, -0.05) is 6.07 Å². The maximum absolute atomic E-state index is 5.45. The summed E-state index contributed by atoms with van der Waals surface area (Å²) in [4.78, 5) is 14.2. The molecule has 0 atom stereocenters. The van der Waals surface area contributed by atoms with Crippen LogP contribution in [-0.2, 0) is 0 Å². The molecule has 0 N–H and O–H groups in total. The van der Waals surface area contributed by atoms with Gasteiger partial charge in [0.1, 0.15) is 0 Å². The van der Waals surface area contributed by atoms with Crippen molar-refractivity contribution in [3.63, 3.8) is 0 Å². The van der Waals surface area contributed by atoms with Gasteiger partial charge < -0.3 is 19.3 Å². The highest BCUT2D eigenvalue weighted by molar-refractivity contribution is 5.66. The van der Waals surface area contributed by atoms with E-state index in [0.29, 0.717) is 12.8 Å². The Bertz CT molecular complexity index is 741. The predicted molar refractivity (Wildman–Crippen MR) is 90.4 cm³/mol. The van der Waals surface area contributed by atoms with Crippen LogP contribution >= 0.6 is 0 Å². The second-order valence-corrected chi connectivity index (χ2v) is 6.61. The first-order chi connectivity index (χ1) is 11.9. The Morgan fingerprint density at radius 3 is 2.50 bits per heavy atom. The molecule has 0 unspecified atom stereocenters. The van der Waals surface area contributed by atoms with Crippen LogP contribution in [0.5, 0.6) is 11.5 Å². The number of aromatic nitrogens is 2. The van der Waals surface area contributed by atoms with Gasteiger partial charge >= 0.3 is 0 Å². The standard InChI is InChI=1S/C18H20N4O2/c1-2-16-17(24-12-23-16)9-13(1)14-10-19-18(20-11-14)22-8-7-21-5-3-15(22)4-6-21/h1-2,9-11,15H,3-8,12H2. The summed E-state index contributed by atoms with van der Waals surface area (Å²) in [7, 11) is 0. The van der Waals surface area contributed by atoms with E-state index in [-0.39, 0.29) is 0 Å². The normalized spacial score (nSPS) is 24.9. The van der Waals surface area contributed by atoms with E-state index in [1.54, 1.807) is 0 Å². The molecule has 24 heavy (non-hydrogen) atoms. The van der Waals surface area contributed by atoms with Crippen molar-refractivity contribution in [1.82, 2.24) is 14.9 Å². The third kappa shape index (κ3) is 2.38. The van der Waals surface area contributed by atoms with Crippen molar-refractivity contribution in [2.24, 2.45) is 0 Å². The molecule has 6 nitrogen and oxygen atoms in total. The Balaban J connectivity index is 1.41. The lowest BCUT2D eigenvalue weighted by Gasteiger charge is -2.31. The molecule has 4 aliphatic rings. The number of hydrogen-bond donors (Lipinski definition) is 0. The lowest BCUT2D eigenvalue weighted by molar-refractivity contribution is 0.174. The quantitative estimate of drug-likeness (QED) is 0.844. The first-order valence-corrected chi connectivity index (χ1v) is 8.58. The molecule has 6 heteroatoms. The topological polar surface area (TPSA) is 50.7 Å². The second-order valence-electron chi connectivity index (χ2n) is 6.61. The fourth-order valence-electron chi connectivity index (χ4n) is 3.84. The lowest BCUT2D eigenvalue weighted by atomic mass is 10.1. The highest BCUT2D eigenvalue weighted by Gasteiger charge is 2.30. The van der Waals surface area contributed by atoms with Crippen LogP contribution in [0.3, 0.4) is 0 Å². The molecule has 0 amide bonds. The average Bonchev–Trinajstić information content (AvgIpc) is 2.91. The van der Waals surface area contributed by atoms with E-state index in [4.69, 9.17) is 9.47 Å². The molecule has 0 spiro atoms. The van der Waals surface area contributed by atoms with Gasteiger partial charge in [-0.2, -0.15) is 0 Å². The average molecular weight is 324 g/mol. The van der Waals surface area contributed by atoms with Crippen LogP contribution in [-0.4, -0.2) is 53.9 Å². The van der Waals surface area contributed by atoms with E-state index in [1.807, 2.05) is 30.6 Å². The third-order valence-electron chi connectivity index (χ3n) is 5.26. The summed E-state index contributed by atoms with van der Waals surface area (Å²) in [6.45, 7) is 4.84. The van der Waals surface area contributed by atoms with E-state index < -0.39 is 0 Å². The van der Waals surface area contributed by atoms with Crippen LogP contribution in [0, 0.1) is 0 Å². The van der Waals surface area contributed by atoms with Gasteiger partial charge in [0.25, 0.3) is 0 Å². The van der Waals surface area contributed by atoms with E-state index in [9.17, 15) is 0 Å². The molecule has 2 bridgehead atoms. The fraction of sp³-hybridized carbons (Fsp3) is 0.444. The fourth-order valence-corrected chi connectivity index (χ4v) is 3.84. The molecular formula is C18H20N4O2. The minimum Gasteiger partial charge on any atom is -0.454 e. The van der Waals surface area contributed by atoms with Crippen LogP contribution in [0.2, 0.25) is 0 Å². The van der Waals surface area contributed by atoms with Gasteiger partial charge in [0.2, 0.25) is 12.7 Å². The number of ether oxygens (including phenoxy) is 2. The van der Waals surface area contributed by atoms with Crippen molar-refractivity contribution in [3.05, 3.63) is 30.6 Å². The maximum Gasteiger partial charge on any atom is 0.231 e. The Kier molecular flexibility index (Phi) is 3.29. The molecule has 3 saturated heterocycles. The Labute approximate surface area is 141 Å². The number of hydrogen-bond acceptors (Lipinski definition) is 6. The number of piperidine rings is 1. The summed E-state index contributed by atoms with van der Waals surface area (Å²) in [6.07, 6.45) is 6.26. The van der Waals surface area contributed by atoms with Gasteiger partial charge in [0.05, 0.1) is 0 Å². The summed E-state index contributed by atoms with van der Waals surface area (Å²) in [5.74, 6) is 2.44. The minimum absolute atomic E-state index is 0.293. The van der Waals surface area contributed by atoms with E-state index in [0.717, 1.165) is 41.7 Å². The molecule has 3 fully saturated rings. The van der Waals surface area contributed by atoms with Gasteiger partial charge in [-0.05, 0) is 30.5 Å². The zero-order valence-corrected chi connectivity index (χ0v) is 13.5. The number of rotatable bonds is 2. The van der Waals surface area contributed by atoms with E-state index in [1.165, 1.54) is 25.9 Å². The molecule has 1 aromatic heterocycles. The van der Waals surface area contributed by atoms with Crippen molar-refractivity contribution >= 4 is 5.95 Å². The first kappa shape index (κ1) is 14.0. The molecule has 0 aliphatic carbocycles. The maximum atomic E-state index is 5.45. The monoisotopic (exact) mass is 324 g/mol. The van der Waals surface area contributed by atoms with Crippen molar-refractivity contribution in [1.29, 1.82) is 0 Å².